The molecule has 0 bridgehead atoms. The van der Waals surface area contributed by atoms with Crippen molar-refractivity contribution in [2.24, 2.45) is 0 Å². The van der Waals surface area contributed by atoms with Gasteiger partial charge in [-0.1, -0.05) is 35.9 Å². The van der Waals surface area contributed by atoms with Crippen molar-refractivity contribution in [2.45, 2.75) is 19.8 Å². The molecule has 1 amide bonds. The predicted molar refractivity (Wildman–Crippen MR) is 110 cm³/mol. The first-order valence-corrected chi connectivity index (χ1v) is 9.48. The van der Waals surface area contributed by atoms with Crippen LogP contribution in [0.3, 0.4) is 0 Å². The SMILES string of the molecule is Cc1[nH]nc(-c2ccc(Cl)cc2)c1CC(=O)NCCc1nc2ccccc2[nH]1. The van der Waals surface area contributed by atoms with Gasteiger partial charge < -0.3 is 10.3 Å². The van der Waals surface area contributed by atoms with E-state index in [-0.39, 0.29) is 12.3 Å². The van der Waals surface area contributed by atoms with Crippen LogP contribution in [0, 0.1) is 6.92 Å². The number of para-hydroxylation sites is 2. The number of carbonyl (C=O) groups is 1. The number of aryl methyl sites for hydroxylation is 1. The lowest BCUT2D eigenvalue weighted by atomic mass is 10.0. The largest absolute Gasteiger partial charge is 0.355 e. The van der Waals surface area contributed by atoms with Crippen LogP contribution in [0.5, 0.6) is 0 Å². The number of halogens is 1. The third-order valence-electron chi connectivity index (χ3n) is 4.65. The molecule has 0 aliphatic rings. The summed E-state index contributed by atoms with van der Waals surface area (Å²) in [5, 5.41) is 11.0. The number of nitrogens with one attached hydrogen (secondary N) is 3. The fraction of sp³-hybridized carbons (Fsp3) is 0.190. The smallest absolute Gasteiger partial charge is 0.224 e. The van der Waals surface area contributed by atoms with Crippen molar-refractivity contribution in [2.75, 3.05) is 6.54 Å². The van der Waals surface area contributed by atoms with Crippen molar-refractivity contribution >= 4 is 28.5 Å². The van der Waals surface area contributed by atoms with Gasteiger partial charge in [0.2, 0.25) is 5.91 Å². The molecule has 4 rings (SSSR count). The van der Waals surface area contributed by atoms with Crippen LogP contribution in [0.2, 0.25) is 5.02 Å². The van der Waals surface area contributed by atoms with Gasteiger partial charge in [0.25, 0.3) is 0 Å². The Bertz CT molecular complexity index is 1080. The van der Waals surface area contributed by atoms with E-state index in [1.807, 2.05) is 55.5 Å². The number of fused-ring (bicyclic) bond motifs is 1. The molecule has 3 N–H and O–H groups in total. The van der Waals surface area contributed by atoms with Crippen molar-refractivity contribution in [1.29, 1.82) is 0 Å². The standard InChI is InChI=1S/C21H20ClN5O/c1-13-16(21(27-26-13)14-6-8-15(22)9-7-14)12-20(28)23-11-10-19-24-17-4-2-3-5-18(17)25-19/h2-9H,10-12H2,1H3,(H,23,28)(H,24,25)(H,26,27). The first kappa shape index (κ1) is 18.3. The van der Waals surface area contributed by atoms with Crippen LogP contribution >= 0.6 is 11.6 Å². The number of nitrogens with zero attached hydrogens (tertiary/aromatic N) is 2. The van der Waals surface area contributed by atoms with E-state index in [1.54, 1.807) is 0 Å². The average molecular weight is 394 g/mol. The van der Waals surface area contributed by atoms with E-state index in [2.05, 4.69) is 25.5 Å². The van der Waals surface area contributed by atoms with Gasteiger partial charge in [-0.2, -0.15) is 5.10 Å². The first-order valence-electron chi connectivity index (χ1n) is 9.10. The van der Waals surface area contributed by atoms with E-state index in [4.69, 9.17) is 11.6 Å². The summed E-state index contributed by atoms with van der Waals surface area (Å²) in [5.74, 6) is 0.818. The molecule has 0 aliphatic carbocycles. The van der Waals surface area contributed by atoms with Gasteiger partial charge in [0.1, 0.15) is 5.82 Å². The number of carbonyl (C=O) groups excluding carboxylic acids is 1. The Morgan fingerprint density at radius 1 is 1.14 bits per heavy atom. The number of H-pyrrole nitrogens is 2. The van der Waals surface area contributed by atoms with E-state index in [9.17, 15) is 4.79 Å². The summed E-state index contributed by atoms with van der Waals surface area (Å²) in [6.45, 7) is 2.44. The van der Waals surface area contributed by atoms with E-state index in [0.717, 1.165) is 39.4 Å². The van der Waals surface area contributed by atoms with Crippen molar-refractivity contribution in [3.05, 3.63) is 70.6 Å². The fourth-order valence-electron chi connectivity index (χ4n) is 3.18. The van der Waals surface area contributed by atoms with Crippen LogP contribution in [0.15, 0.2) is 48.5 Å². The Kier molecular flexibility index (Phi) is 5.12. The molecule has 2 heterocycles. The molecule has 2 aromatic heterocycles. The van der Waals surface area contributed by atoms with Gasteiger partial charge in [0.05, 0.1) is 23.1 Å². The number of imidazole rings is 1. The second-order valence-corrected chi connectivity index (χ2v) is 7.10. The molecule has 0 spiro atoms. The highest BCUT2D eigenvalue weighted by Gasteiger charge is 2.15. The Balaban J connectivity index is 1.38. The molecule has 0 aliphatic heterocycles. The summed E-state index contributed by atoms with van der Waals surface area (Å²) >= 11 is 5.96. The lowest BCUT2D eigenvalue weighted by Crippen LogP contribution is -2.27. The molecule has 0 saturated heterocycles. The molecule has 7 heteroatoms. The van der Waals surface area contributed by atoms with Crippen LogP contribution in [-0.4, -0.2) is 32.6 Å². The van der Waals surface area contributed by atoms with Crippen LogP contribution in [0.4, 0.5) is 0 Å². The quantitative estimate of drug-likeness (QED) is 0.465. The number of hydrogen-bond donors (Lipinski definition) is 3. The summed E-state index contributed by atoms with van der Waals surface area (Å²) in [6, 6.07) is 15.3. The zero-order chi connectivity index (χ0) is 19.5. The van der Waals surface area contributed by atoms with Crippen LogP contribution in [0.1, 0.15) is 17.1 Å². The maximum atomic E-state index is 12.5. The van der Waals surface area contributed by atoms with Crippen molar-refractivity contribution in [3.63, 3.8) is 0 Å². The second-order valence-electron chi connectivity index (χ2n) is 6.66. The summed E-state index contributed by atoms with van der Waals surface area (Å²) in [4.78, 5) is 20.3. The van der Waals surface area contributed by atoms with Crippen LogP contribution < -0.4 is 5.32 Å². The molecule has 142 valence electrons. The Labute approximate surface area is 167 Å². The molecular weight excluding hydrogens is 374 g/mol. The molecule has 0 radical (unpaired) electrons. The summed E-state index contributed by atoms with van der Waals surface area (Å²) in [5.41, 5.74) is 5.43. The molecular formula is C21H20ClN5O. The van der Waals surface area contributed by atoms with Gasteiger partial charge in [-0.05, 0) is 31.2 Å². The molecule has 0 atom stereocenters. The normalized spacial score (nSPS) is 11.1. The van der Waals surface area contributed by atoms with Crippen molar-refractivity contribution < 1.29 is 4.79 Å². The third kappa shape index (κ3) is 3.92. The van der Waals surface area contributed by atoms with Crippen LogP contribution in [0.25, 0.3) is 22.3 Å². The van der Waals surface area contributed by atoms with E-state index >= 15 is 0 Å². The van der Waals surface area contributed by atoms with Crippen molar-refractivity contribution in [1.82, 2.24) is 25.5 Å². The molecule has 0 unspecified atom stereocenters. The fourth-order valence-corrected chi connectivity index (χ4v) is 3.31. The Morgan fingerprint density at radius 3 is 2.71 bits per heavy atom. The number of aromatic nitrogens is 4. The molecule has 0 saturated carbocycles. The highest BCUT2D eigenvalue weighted by atomic mass is 35.5. The topological polar surface area (TPSA) is 86.5 Å². The van der Waals surface area contributed by atoms with Gasteiger partial charge in [-0.25, -0.2) is 4.98 Å². The van der Waals surface area contributed by atoms with Gasteiger partial charge in [0, 0.05) is 34.8 Å². The summed E-state index contributed by atoms with van der Waals surface area (Å²) in [7, 11) is 0. The lowest BCUT2D eigenvalue weighted by Gasteiger charge is -2.06. The number of amides is 1. The van der Waals surface area contributed by atoms with Crippen LogP contribution in [-0.2, 0) is 17.6 Å². The number of aromatic amines is 2. The minimum Gasteiger partial charge on any atom is -0.355 e. The predicted octanol–water partition coefficient (Wildman–Crippen LogP) is 3.82. The molecule has 6 nitrogen and oxygen atoms in total. The van der Waals surface area contributed by atoms with Gasteiger partial charge in [-0.3, -0.25) is 9.89 Å². The maximum absolute atomic E-state index is 12.5. The number of benzene rings is 2. The van der Waals surface area contributed by atoms with E-state index in [1.165, 1.54) is 0 Å². The summed E-state index contributed by atoms with van der Waals surface area (Å²) < 4.78 is 0. The zero-order valence-electron chi connectivity index (χ0n) is 15.4. The van der Waals surface area contributed by atoms with Gasteiger partial charge in [-0.15, -0.1) is 0 Å². The van der Waals surface area contributed by atoms with Gasteiger partial charge >= 0.3 is 0 Å². The molecule has 0 fully saturated rings. The monoisotopic (exact) mass is 393 g/mol. The second kappa shape index (κ2) is 7.86. The highest BCUT2D eigenvalue weighted by Crippen LogP contribution is 2.25. The van der Waals surface area contributed by atoms with Gasteiger partial charge in [0.15, 0.2) is 0 Å². The zero-order valence-corrected chi connectivity index (χ0v) is 16.2. The lowest BCUT2D eigenvalue weighted by molar-refractivity contribution is -0.120. The molecule has 2 aromatic carbocycles. The number of hydrogen-bond acceptors (Lipinski definition) is 3. The average Bonchev–Trinajstić information content (AvgIpc) is 3.26. The molecule has 4 aromatic rings. The third-order valence-corrected chi connectivity index (χ3v) is 4.90. The maximum Gasteiger partial charge on any atom is 0.224 e. The van der Waals surface area contributed by atoms with Crippen molar-refractivity contribution in [3.8, 4) is 11.3 Å². The highest BCUT2D eigenvalue weighted by molar-refractivity contribution is 6.30. The number of rotatable bonds is 6. The summed E-state index contributed by atoms with van der Waals surface area (Å²) in [6.07, 6.45) is 0.912. The first-order chi connectivity index (χ1) is 13.6. The Morgan fingerprint density at radius 2 is 1.93 bits per heavy atom. The minimum atomic E-state index is -0.0455. The van der Waals surface area contributed by atoms with E-state index < -0.39 is 0 Å². The Hall–Kier alpha value is -3.12. The molecule has 28 heavy (non-hydrogen) atoms. The minimum absolute atomic E-state index is 0.0455. The van der Waals surface area contributed by atoms with E-state index in [0.29, 0.717) is 18.0 Å².